The highest BCUT2D eigenvalue weighted by Crippen LogP contribution is 2.35. The Balaban J connectivity index is 2.61. The van der Waals surface area contributed by atoms with E-state index in [-0.39, 0.29) is 17.1 Å². The van der Waals surface area contributed by atoms with Gasteiger partial charge in [0.25, 0.3) is 5.69 Å². The lowest BCUT2D eigenvalue weighted by Gasteiger charge is -2.07. The maximum absolute atomic E-state index is 12.6. The molecule has 1 aromatic carbocycles. The van der Waals surface area contributed by atoms with Crippen LogP contribution in [0.5, 0.6) is 0 Å². The van der Waals surface area contributed by atoms with Crippen molar-refractivity contribution in [2.24, 2.45) is 0 Å². The molecule has 19 heavy (non-hydrogen) atoms. The summed E-state index contributed by atoms with van der Waals surface area (Å²) in [5.41, 5.74) is 3.32. The van der Waals surface area contributed by atoms with Gasteiger partial charge in [-0.1, -0.05) is 5.16 Å². The lowest BCUT2D eigenvalue weighted by Crippen LogP contribution is -2.06. The van der Waals surface area contributed by atoms with E-state index >= 15 is 0 Å². The quantitative estimate of drug-likeness (QED) is 0.670. The molecule has 0 radical (unpaired) electrons. The maximum Gasteiger partial charge on any atom is 0.416 e. The summed E-state index contributed by atoms with van der Waals surface area (Å²) < 4.78 is 42.4. The van der Waals surface area contributed by atoms with Crippen molar-refractivity contribution in [3.05, 3.63) is 39.9 Å². The molecule has 0 saturated heterocycles. The molecule has 6 nitrogen and oxygen atoms in total. The molecule has 0 bridgehead atoms. The topological polar surface area (TPSA) is 95.2 Å². The molecule has 2 aromatic rings. The van der Waals surface area contributed by atoms with Gasteiger partial charge in [0.05, 0.1) is 10.5 Å². The Hall–Kier alpha value is -2.58. The zero-order valence-corrected chi connectivity index (χ0v) is 9.14. The minimum absolute atomic E-state index is 0.00769. The maximum atomic E-state index is 12.6. The predicted octanol–water partition coefficient (Wildman–Crippen LogP) is 2.85. The highest BCUT2D eigenvalue weighted by molar-refractivity contribution is 5.65. The third kappa shape index (κ3) is 2.64. The highest BCUT2D eigenvalue weighted by atomic mass is 19.4. The molecule has 0 aliphatic heterocycles. The van der Waals surface area contributed by atoms with Gasteiger partial charge >= 0.3 is 6.18 Å². The molecular weight excluding hydrogens is 267 g/mol. The molecule has 100 valence electrons. The van der Waals surface area contributed by atoms with E-state index in [2.05, 4.69) is 9.68 Å². The fraction of sp³-hybridized carbons (Fsp3) is 0.100. The molecule has 1 heterocycles. The van der Waals surface area contributed by atoms with Crippen LogP contribution in [0, 0.1) is 10.1 Å². The Bertz CT molecular complexity index is 636. The molecule has 0 atom stereocenters. The Morgan fingerprint density at radius 3 is 2.42 bits per heavy atom. The van der Waals surface area contributed by atoms with Gasteiger partial charge in [0.1, 0.15) is 5.69 Å². The lowest BCUT2D eigenvalue weighted by molar-refractivity contribution is -0.385. The standard InChI is InChI=1S/C10H6F3N3O3/c11-10(12,13)6-1-5(2-7(3-6)16(17)18)8-4-9(14)19-15-8/h1-4H,14H2. The van der Waals surface area contributed by atoms with E-state index in [1.54, 1.807) is 0 Å². The van der Waals surface area contributed by atoms with Crippen LogP contribution in [-0.4, -0.2) is 10.1 Å². The number of halogens is 3. The fourth-order valence-corrected chi connectivity index (χ4v) is 1.45. The summed E-state index contributed by atoms with van der Waals surface area (Å²) in [6.45, 7) is 0. The van der Waals surface area contributed by atoms with Crippen LogP contribution in [0.25, 0.3) is 11.3 Å². The number of alkyl halides is 3. The van der Waals surface area contributed by atoms with Crippen molar-refractivity contribution in [1.82, 2.24) is 5.16 Å². The van der Waals surface area contributed by atoms with Crippen LogP contribution in [0.1, 0.15) is 5.56 Å². The van der Waals surface area contributed by atoms with Gasteiger partial charge in [-0.05, 0) is 6.07 Å². The summed E-state index contributed by atoms with van der Waals surface area (Å²) >= 11 is 0. The van der Waals surface area contributed by atoms with Gasteiger partial charge in [-0.15, -0.1) is 0 Å². The predicted molar refractivity (Wildman–Crippen MR) is 58.0 cm³/mol. The number of anilines is 1. The molecule has 2 rings (SSSR count). The van der Waals surface area contributed by atoms with Crippen LogP contribution in [-0.2, 0) is 6.18 Å². The average Bonchev–Trinajstić information content (AvgIpc) is 2.74. The first-order chi connectivity index (χ1) is 8.77. The van der Waals surface area contributed by atoms with Crippen molar-refractivity contribution in [3.8, 4) is 11.3 Å². The van der Waals surface area contributed by atoms with Gasteiger partial charge in [-0.3, -0.25) is 10.1 Å². The number of nitrogen functional groups attached to an aromatic ring is 1. The lowest BCUT2D eigenvalue weighted by atomic mass is 10.1. The van der Waals surface area contributed by atoms with Crippen molar-refractivity contribution in [1.29, 1.82) is 0 Å². The third-order valence-corrected chi connectivity index (χ3v) is 2.28. The third-order valence-electron chi connectivity index (χ3n) is 2.28. The number of nitro benzene ring substituents is 1. The first kappa shape index (κ1) is 12.9. The van der Waals surface area contributed by atoms with E-state index in [0.717, 1.165) is 12.1 Å². The van der Waals surface area contributed by atoms with Crippen LogP contribution >= 0.6 is 0 Å². The average molecular weight is 273 g/mol. The Morgan fingerprint density at radius 1 is 1.26 bits per heavy atom. The van der Waals surface area contributed by atoms with E-state index in [1.807, 2.05) is 0 Å². The second-order valence-electron chi connectivity index (χ2n) is 3.64. The monoisotopic (exact) mass is 273 g/mol. The van der Waals surface area contributed by atoms with Crippen molar-refractivity contribution in [2.75, 3.05) is 5.73 Å². The molecule has 0 fully saturated rings. The number of benzene rings is 1. The second-order valence-corrected chi connectivity index (χ2v) is 3.64. The number of nitrogens with zero attached hydrogens (tertiary/aromatic N) is 2. The van der Waals surface area contributed by atoms with E-state index < -0.39 is 22.4 Å². The summed E-state index contributed by atoms with van der Waals surface area (Å²) in [5, 5.41) is 14.1. The van der Waals surface area contributed by atoms with Gasteiger partial charge in [-0.2, -0.15) is 13.2 Å². The molecule has 1 aromatic heterocycles. The highest BCUT2D eigenvalue weighted by Gasteiger charge is 2.33. The zero-order chi connectivity index (χ0) is 14.2. The summed E-state index contributed by atoms with van der Waals surface area (Å²) in [5.74, 6) is -0.102. The number of hydrogen-bond acceptors (Lipinski definition) is 5. The molecular formula is C10H6F3N3O3. The zero-order valence-electron chi connectivity index (χ0n) is 9.14. The molecule has 0 aliphatic carbocycles. The molecule has 0 saturated carbocycles. The van der Waals surface area contributed by atoms with Crippen LogP contribution in [0.4, 0.5) is 24.7 Å². The van der Waals surface area contributed by atoms with Gasteiger partial charge < -0.3 is 10.3 Å². The summed E-state index contributed by atoms with van der Waals surface area (Å²) in [6, 6.07) is 3.34. The first-order valence-electron chi connectivity index (χ1n) is 4.86. The Morgan fingerprint density at radius 2 is 1.95 bits per heavy atom. The summed E-state index contributed by atoms with van der Waals surface area (Å²) in [6.07, 6.45) is -4.70. The van der Waals surface area contributed by atoms with Gasteiger partial charge in [0.2, 0.25) is 5.88 Å². The molecule has 0 amide bonds. The van der Waals surface area contributed by atoms with Gasteiger partial charge in [-0.25, -0.2) is 0 Å². The number of aromatic nitrogens is 1. The van der Waals surface area contributed by atoms with Gasteiger partial charge in [0, 0.05) is 23.8 Å². The number of non-ortho nitro benzene ring substituents is 1. The number of nitrogens with two attached hydrogens (primary N) is 1. The molecule has 0 unspecified atom stereocenters. The largest absolute Gasteiger partial charge is 0.416 e. The first-order valence-corrected chi connectivity index (χ1v) is 4.86. The van der Waals surface area contributed by atoms with Crippen molar-refractivity contribution >= 4 is 11.6 Å². The van der Waals surface area contributed by atoms with E-state index in [9.17, 15) is 23.3 Å². The summed E-state index contributed by atoms with van der Waals surface area (Å²) in [7, 11) is 0. The van der Waals surface area contributed by atoms with E-state index in [4.69, 9.17) is 5.73 Å². The second kappa shape index (κ2) is 4.26. The SMILES string of the molecule is Nc1cc(-c2cc([N+](=O)[O-])cc(C(F)(F)F)c2)no1. The van der Waals surface area contributed by atoms with Crippen LogP contribution in [0.2, 0.25) is 0 Å². The number of nitro groups is 1. The minimum atomic E-state index is -4.70. The number of hydrogen-bond donors (Lipinski definition) is 1. The van der Waals surface area contributed by atoms with Crippen LogP contribution in [0.15, 0.2) is 28.8 Å². The van der Waals surface area contributed by atoms with Gasteiger partial charge in [0.15, 0.2) is 0 Å². The van der Waals surface area contributed by atoms with Crippen molar-refractivity contribution in [2.45, 2.75) is 6.18 Å². The number of rotatable bonds is 2. The van der Waals surface area contributed by atoms with E-state index in [1.165, 1.54) is 6.07 Å². The Labute approximate surface area is 103 Å². The minimum Gasteiger partial charge on any atom is -0.368 e. The summed E-state index contributed by atoms with van der Waals surface area (Å²) in [4.78, 5) is 9.72. The molecule has 0 spiro atoms. The van der Waals surface area contributed by atoms with E-state index in [0.29, 0.717) is 6.07 Å². The van der Waals surface area contributed by atoms with Crippen molar-refractivity contribution < 1.29 is 22.6 Å². The smallest absolute Gasteiger partial charge is 0.368 e. The van der Waals surface area contributed by atoms with Crippen LogP contribution in [0.3, 0.4) is 0 Å². The van der Waals surface area contributed by atoms with Crippen LogP contribution < -0.4 is 5.73 Å². The normalized spacial score (nSPS) is 11.5. The molecule has 9 heteroatoms. The molecule has 0 aliphatic rings. The Kier molecular flexibility index (Phi) is 2.89. The fourth-order valence-electron chi connectivity index (χ4n) is 1.45. The molecule has 2 N–H and O–H groups in total. The van der Waals surface area contributed by atoms with Crippen molar-refractivity contribution in [3.63, 3.8) is 0 Å².